The van der Waals surface area contributed by atoms with E-state index in [1.807, 2.05) is 30.5 Å². The van der Waals surface area contributed by atoms with E-state index >= 15 is 0 Å². The summed E-state index contributed by atoms with van der Waals surface area (Å²) in [4.78, 5) is 21.2. The van der Waals surface area contributed by atoms with Crippen molar-refractivity contribution in [2.24, 2.45) is 0 Å². The van der Waals surface area contributed by atoms with Gasteiger partial charge in [-0.2, -0.15) is 16.1 Å². The van der Waals surface area contributed by atoms with Crippen LogP contribution in [0.15, 0.2) is 53.4 Å². The third-order valence-corrected chi connectivity index (χ3v) is 8.24. The van der Waals surface area contributed by atoms with Gasteiger partial charge < -0.3 is 10.3 Å². The van der Waals surface area contributed by atoms with Gasteiger partial charge in [0.05, 0.1) is 22.0 Å². The number of nitrogens with one attached hydrogen (secondary N) is 2. The summed E-state index contributed by atoms with van der Waals surface area (Å²) in [5.74, 6) is 1.24. The lowest BCUT2D eigenvalue weighted by atomic mass is 10.1. The van der Waals surface area contributed by atoms with Gasteiger partial charge in [0, 0.05) is 18.7 Å². The number of carbonyl (C=O) groups is 1. The van der Waals surface area contributed by atoms with Gasteiger partial charge in [0.15, 0.2) is 0 Å². The van der Waals surface area contributed by atoms with Gasteiger partial charge >= 0.3 is 0 Å². The highest BCUT2D eigenvalue weighted by Crippen LogP contribution is 2.23. The number of thioether (sulfide) groups is 1. The Morgan fingerprint density at radius 1 is 1.16 bits per heavy atom. The van der Waals surface area contributed by atoms with Gasteiger partial charge in [-0.3, -0.25) is 4.79 Å². The number of aromatic nitrogens is 2. The molecule has 0 radical (unpaired) electrons. The number of rotatable bonds is 8. The Morgan fingerprint density at radius 3 is 2.69 bits per heavy atom. The molecule has 2 aromatic carbocycles. The molecule has 9 heteroatoms. The predicted molar refractivity (Wildman–Crippen MR) is 128 cm³/mol. The number of sulfonamides is 1. The summed E-state index contributed by atoms with van der Waals surface area (Å²) >= 11 is 1.70. The largest absolute Gasteiger partial charge is 0.342 e. The van der Waals surface area contributed by atoms with E-state index in [1.54, 1.807) is 30.0 Å². The maximum absolute atomic E-state index is 13.1. The SMILES string of the molecule is CSCC[C@@H](NC(=O)c1cccc(S(=O)(=O)N2CCCCC2)c1)c1nc2ccccc2[nH]1. The maximum Gasteiger partial charge on any atom is 0.251 e. The fourth-order valence-corrected chi connectivity index (χ4v) is 5.98. The molecule has 1 amide bonds. The van der Waals surface area contributed by atoms with E-state index in [4.69, 9.17) is 0 Å². The van der Waals surface area contributed by atoms with Crippen LogP contribution in [-0.2, 0) is 10.0 Å². The van der Waals surface area contributed by atoms with E-state index in [0.29, 0.717) is 30.9 Å². The number of carbonyl (C=O) groups excluding carboxylic acids is 1. The molecule has 2 N–H and O–H groups in total. The number of aromatic amines is 1. The highest BCUT2D eigenvalue weighted by atomic mass is 32.2. The van der Waals surface area contributed by atoms with Crippen molar-refractivity contribution in [2.45, 2.75) is 36.6 Å². The highest BCUT2D eigenvalue weighted by molar-refractivity contribution is 7.98. The van der Waals surface area contributed by atoms with E-state index in [1.165, 1.54) is 10.4 Å². The lowest BCUT2D eigenvalue weighted by Gasteiger charge is -2.26. The molecule has 1 aliphatic heterocycles. The molecule has 0 aliphatic carbocycles. The number of benzene rings is 2. The standard InChI is InChI=1S/C23H28N4O3S2/c1-31-15-12-21(22-24-19-10-3-4-11-20(19)25-22)26-23(28)17-8-7-9-18(16-17)32(29,30)27-13-5-2-6-14-27/h3-4,7-11,16,21H,2,5-6,12-15H2,1H3,(H,24,25)(H,26,28)/t21-/m1/s1. The summed E-state index contributed by atoms with van der Waals surface area (Å²) in [7, 11) is -3.60. The number of hydrogen-bond donors (Lipinski definition) is 2. The van der Waals surface area contributed by atoms with Crippen LogP contribution >= 0.6 is 11.8 Å². The van der Waals surface area contributed by atoms with Crippen molar-refractivity contribution >= 4 is 38.7 Å². The van der Waals surface area contributed by atoms with E-state index in [0.717, 1.165) is 36.0 Å². The fourth-order valence-electron chi connectivity index (χ4n) is 3.94. The molecule has 2 heterocycles. The van der Waals surface area contributed by atoms with Crippen molar-refractivity contribution in [2.75, 3.05) is 25.1 Å². The Morgan fingerprint density at radius 2 is 1.94 bits per heavy atom. The van der Waals surface area contributed by atoms with Crippen LogP contribution in [-0.4, -0.2) is 53.7 Å². The second-order valence-corrected chi connectivity index (χ2v) is 10.9. The molecule has 1 saturated heterocycles. The Kier molecular flexibility index (Phi) is 7.17. The smallest absolute Gasteiger partial charge is 0.251 e. The van der Waals surface area contributed by atoms with Crippen molar-refractivity contribution in [3.63, 3.8) is 0 Å². The quantitative estimate of drug-likeness (QED) is 0.517. The van der Waals surface area contributed by atoms with Gasteiger partial charge in [-0.25, -0.2) is 13.4 Å². The topological polar surface area (TPSA) is 95.2 Å². The number of fused-ring (bicyclic) bond motifs is 1. The normalized spacial score (nSPS) is 16.2. The minimum Gasteiger partial charge on any atom is -0.342 e. The molecule has 0 saturated carbocycles. The lowest BCUT2D eigenvalue weighted by Crippen LogP contribution is -2.35. The number of para-hydroxylation sites is 2. The van der Waals surface area contributed by atoms with Crippen molar-refractivity contribution in [1.82, 2.24) is 19.6 Å². The number of imidazole rings is 1. The van der Waals surface area contributed by atoms with Gasteiger partial charge in [0.25, 0.3) is 5.91 Å². The summed E-state index contributed by atoms with van der Waals surface area (Å²) in [6.45, 7) is 1.06. The minimum atomic E-state index is -3.60. The molecule has 1 atom stereocenters. The Labute approximate surface area is 193 Å². The maximum atomic E-state index is 13.1. The minimum absolute atomic E-state index is 0.163. The second kappa shape index (κ2) is 10.1. The summed E-state index contributed by atoms with van der Waals surface area (Å²) in [6, 6.07) is 13.8. The van der Waals surface area contributed by atoms with Crippen molar-refractivity contribution in [3.05, 3.63) is 59.9 Å². The number of amides is 1. The van der Waals surface area contributed by atoms with Crippen LogP contribution < -0.4 is 5.32 Å². The predicted octanol–water partition coefficient (Wildman–Crippen LogP) is 3.96. The first kappa shape index (κ1) is 22.8. The van der Waals surface area contributed by atoms with Crippen LogP contribution in [0.4, 0.5) is 0 Å². The van der Waals surface area contributed by atoms with Crippen LogP contribution in [0.2, 0.25) is 0 Å². The molecule has 0 unspecified atom stereocenters. The van der Waals surface area contributed by atoms with Crippen molar-refractivity contribution in [1.29, 1.82) is 0 Å². The molecule has 170 valence electrons. The van der Waals surface area contributed by atoms with Crippen molar-refractivity contribution < 1.29 is 13.2 Å². The average Bonchev–Trinajstić information content (AvgIpc) is 3.26. The zero-order valence-corrected chi connectivity index (χ0v) is 19.7. The summed E-state index contributed by atoms with van der Waals surface area (Å²) in [5.41, 5.74) is 2.09. The summed E-state index contributed by atoms with van der Waals surface area (Å²) < 4.78 is 27.6. The Bertz CT molecular complexity index is 1150. The zero-order valence-electron chi connectivity index (χ0n) is 18.1. The number of H-pyrrole nitrogens is 1. The molecule has 0 bridgehead atoms. The first-order valence-corrected chi connectivity index (χ1v) is 13.7. The molecule has 7 nitrogen and oxygen atoms in total. The van der Waals surface area contributed by atoms with Crippen LogP contribution in [0.25, 0.3) is 11.0 Å². The number of nitrogens with zero attached hydrogens (tertiary/aromatic N) is 2. The molecular formula is C23H28N4O3S2. The third kappa shape index (κ3) is 5.00. The first-order valence-electron chi connectivity index (χ1n) is 10.8. The molecule has 4 rings (SSSR count). The Hall–Kier alpha value is -2.36. The number of hydrogen-bond acceptors (Lipinski definition) is 5. The van der Waals surface area contributed by atoms with Gasteiger partial charge in [-0.05, 0) is 61.6 Å². The van der Waals surface area contributed by atoms with Crippen molar-refractivity contribution in [3.8, 4) is 0 Å². The molecular weight excluding hydrogens is 444 g/mol. The van der Waals surface area contributed by atoms with Crippen LogP contribution in [0.3, 0.4) is 0 Å². The Balaban J connectivity index is 1.56. The summed E-state index contributed by atoms with van der Waals surface area (Å²) in [5, 5.41) is 3.05. The van der Waals surface area contributed by atoms with Gasteiger partial charge in [0.1, 0.15) is 5.82 Å². The monoisotopic (exact) mass is 472 g/mol. The highest BCUT2D eigenvalue weighted by Gasteiger charge is 2.27. The third-order valence-electron chi connectivity index (χ3n) is 5.70. The molecule has 32 heavy (non-hydrogen) atoms. The van der Waals surface area contributed by atoms with Crippen LogP contribution in [0, 0.1) is 0 Å². The van der Waals surface area contributed by atoms with E-state index < -0.39 is 10.0 Å². The van der Waals surface area contributed by atoms with E-state index in [-0.39, 0.29) is 16.8 Å². The van der Waals surface area contributed by atoms with E-state index in [2.05, 4.69) is 15.3 Å². The van der Waals surface area contributed by atoms with Gasteiger partial charge in [-0.15, -0.1) is 0 Å². The van der Waals surface area contributed by atoms with Crippen LogP contribution in [0.5, 0.6) is 0 Å². The average molecular weight is 473 g/mol. The number of piperidine rings is 1. The fraction of sp³-hybridized carbons (Fsp3) is 0.391. The molecule has 3 aromatic rings. The zero-order chi connectivity index (χ0) is 22.6. The van der Waals surface area contributed by atoms with E-state index in [9.17, 15) is 13.2 Å². The van der Waals surface area contributed by atoms with Gasteiger partial charge in [0.2, 0.25) is 10.0 Å². The molecule has 1 aliphatic rings. The lowest BCUT2D eigenvalue weighted by molar-refractivity contribution is 0.0934. The first-order chi connectivity index (χ1) is 15.5. The second-order valence-electron chi connectivity index (χ2n) is 7.94. The molecule has 0 spiro atoms. The summed E-state index contributed by atoms with van der Waals surface area (Å²) in [6.07, 6.45) is 5.51. The molecule has 1 aromatic heterocycles. The molecule has 1 fully saturated rings. The van der Waals surface area contributed by atoms with Gasteiger partial charge in [-0.1, -0.05) is 24.6 Å². The van der Waals surface area contributed by atoms with Crippen LogP contribution in [0.1, 0.15) is 47.9 Å².